The summed E-state index contributed by atoms with van der Waals surface area (Å²) < 4.78 is 0. The SMILES string of the molecule is CN(Cc1ncccc1C(=O)O)Cc1n[nH]c2c1CCCCC2. The van der Waals surface area contributed by atoms with Gasteiger partial charge in [0.2, 0.25) is 0 Å². The van der Waals surface area contributed by atoms with Crippen LogP contribution in [0, 0.1) is 0 Å². The average molecular weight is 314 g/mol. The van der Waals surface area contributed by atoms with Crippen LogP contribution in [0.5, 0.6) is 0 Å². The fraction of sp³-hybridized carbons (Fsp3) is 0.471. The minimum atomic E-state index is -0.935. The fourth-order valence-electron chi connectivity index (χ4n) is 3.18. The van der Waals surface area contributed by atoms with Gasteiger partial charge in [-0.1, -0.05) is 6.42 Å². The lowest BCUT2D eigenvalue weighted by Gasteiger charge is -2.16. The Labute approximate surface area is 135 Å². The summed E-state index contributed by atoms with van der Waals surface area (Å²) in [5.74, 6) is -0.935. The van der Waals surface area contributed by atoms with Crippen LogP contribution in [0.3, 0.4) is 0 Å². The van der Waals surface area contributed by atoms with Crippen LogP contribution in [0.15, 0.2) is 18.3 Å². The molecule has 0 bridgehead atoms. The Morgan fingerprint density at radius 1 is 1.26 bits per heavy atom. The van der Waals surface area contributed by atoms with Gasteiger partial charge in [-0.25, -0.2) is 4.79 Å². The van der Waals surface area contributed by atoms with Crippen molar-refractivity contribution in [3.8, 4) is 0 Å². The van der Waals surface area contributed by atoms with Gasteiger partial charge in [0.05, 0.1) is 17.0 Å². The number of nitrogens with zero attached hydrogens (tertiary/aromatic N) is 3. The van der Waals surface area contributed by atoms with Crippen LogP contribution < -0.4 is 0 Å². The van der Waals surface area contributed by atoms with E-state index in [0.29, 0.717) is 18.8 Å². The third-order valence-corrected chi connectivity index (χ3v) is 4.35. The van der Waals surface area contributed by atoms with Gasteiger partial charge in [-0.15, -0.1) is 0 Å². The minimum absolute atomic E-state index is 0.264. The van der Waals surface area contributed by atoms with E-state index in [1.165, 1.54) is 30.5 Å². The van der Waals surface area contributed by atoms with E-state index in [2.05, 4.69) is 20.1 Å². The van der Waals surface area contributed by atoms with Crippen molar-refractivity contribution in [3.63, 3.8) is 0 Å². The van der Waals surface area contributed by atoms with Crippen molar-refractivity contribution in [3.05, 3.63) is 46.5 Å². The van der Waals surface area contributed by atoms with Crippen LogP contribution in [-0.2, 0) is 25.9 Å². The first kappa shape index (κ1) is 15.7. The highest BCUT2D eigenvalue weighted by Gasteiger charge is 2.18. The minimum Gasteiger partial charge on any atom is -0.478 e. The second-order valence-electron chi connectivity index (χ2n) is 6.16. The van der Waals surface area contributed by atoms with Gasteiger partial charge in [0, 0.05) is 25.0 Å². The molecule has 0 unspecified atom stereocenters. The van der Waals surface area contributed by atoms with Gasteiger partial charge in [-0.3, -0.25) is 15.0 Å². The molecule has 2 aromatic rings. The molecule has 0 atom stereocenters. The number of pyridine rings is 1. The summed E-state index contributed by atoms with van der Waals surface area (Å²) in [5, 5.41) is 16.9. The van der Waals surface area contributed by atoms with Crippen LogP contribution in [0.2, 0.25) is 0 Å². The number of rotatable bonds is 5. The van der Waals surface area contributed by atoms with E-state index in [4.69, 9.17) is 0 Å². The summed E-state index contributed by atoms with van der Waals surface area (Å²) in [6.45, 7) is 1.19. The normalized spacial score (nSPS) is 14.5. The third-order valence-electron chi connectivity index (χ3n) is 4.35. The Bertz CT molecular complexity index is 696. The Kier molecular flexibility index (Phi) is 4.71. The van der Waals surface area contributed by atoms with Crippen molar-refractivity contribution in [2.75, 3.05) is 7.05 Å². The molecule has 0 radical (unpaired) electrons. The first-order valence-electron chi connectivity index (χ1n) is 8.06. The smallest absolute Gasteiger partial charge is 0.337 e. The van der Waals surface area contributed by atoms with E-state index >= 15 is 0 Å². The Morgan fingerprint density at radius 2 is 2.04 bits per heavy atom. The number of carboxylic acids is 1. The highest BCUT2D eigenvalue weighted by Crippen LogP contribution is 2.22. The van der Waals surface area contributed by atoms with Crippen molar-refractivity contribution < 1.29 is 9.90 Å². The summed E-state index contributed by atoms with van der Waals surface area (Å²) in [7, 11) is 1.97. The lowest BCUT2D eigenvalue weighted by Crippen LogP contribution is -2.21. The van der Waals surface area contributed by atoms with Gasteiger partial charge in [-0.2, -0.15) is 5.10 Å². The van der Waals surface area contributed by atoms with Crippen molar-refractivity contribution >= 4 is 5.97 Å². The summed E-state index contributed by atoms with van der Waals surface area (Å²) >= 11 is 0. The molecule has 2 N–H and O–H groups in total. The molecule has 0 fully saturated rings. The highest BCUT2D eigenvalue weighted by atomic mass is 16.4. The fourth-order valence-corrected chi connectivity index (χ4v) is 3.18. The van der Waals surface area contributed by atoms with E-state index in [1.54, 1.807) is 18.3 Å². The molecular weight excluding hydrogens is 292 g/mol. The molecule has 6 heteroatoms. The second-order valence-corrected chi connectivity index (χ2v) is 6.16. The van der Waals surface area contributed by atoms with Crippen LogP contribution in [0.1, 0.15) is 52.3 Å². The predicted octanol–water partition coefficient (Wildman–Crippen LogP) is 2.40. The number of fused-ring (bicyclic) bond motifs is 1. The molecule has 6 nitrogen and oxygen atoms in total. The molecule has 0 amide bonds. The standard InChI is InChI=1S/C17H22N4O2/c1-21(10-15-13(17(22)23)7-5-9-18-15)11-16-12-6-3-2-4-8-14(12)19-20-16/h5,7,9H,2-4,6,8,10-11H2,1H3,(H,19,20)(H,22,23). The van der Waals surface area contributed by atoms with E-state index in [1.807, 2.05) is 7.05 Å². The molecule has 1 aliphatic carbocycles. The van der Waals surface area contributed by atoms with Crippen molar-refractivity contribution in [1.82, 2.24) is 20.1 Å². The summed E-state index contributed by atoms with van der Waals surface area (Å²) in [4.78, 5) is 17.6. The molecule has 2 heterocycles. The van der Waals surface area contributed by atoms with E-state index < -0.39 is 5.97 Å². The van der Waals surface area contributed by atoms with Gasteiger partial charge in [0.25, 0.3) is 0 Å². The largest absolute Gasteiger partial charge is 0.478 e. The van der Waals surface area contributed by atoms with Crippen LogP contribution in [-0.4, -0.2) is 38.2 Å². The Balaban J connectivity index is 1.72. The second kappa shape index (κ2) is 6.91. The van der Waals surface area contributed by atoms with Gasteiger partial charge in [0.15, 0.2) is 0 Å². The molecule has 0 saturated carbocycles. The molecule has 2 aromatic heterocycles. The molecule has 23 heavy (non-hydrogen) atoms. The van der Waals surface area contributed by atoms with Crippen LogP contribution in [0.25, 0.3) is 0 Å². The van der Waals surface area contributed by atoms with Gasteiger partial charge >= 0.3 is 5.97 Å². The molecule has 3 rings (SSSR count). The molecule has 0 spiro atoms. The van der Waals surface area contributed by atoms with Gasteiger partial charge in [0.1, 0.15) is 0 Å². The summed E-state index contributed by atoms with van der Waals surface area (Å²) in [6, 6.07) is 3.25. The third kappa shape index (κ3) is 3.59. The maximum Gasteiger partial charge on any atom is 0.337 e. The lowest BCUT2D eigenvalue weighted by atomic mass is 10.1. The maximum absolute atomic E-state index is 11.3. The molecule has 0 aliphatic heterocycles. The number of carbonyl (C=O) groups is 1. The zero-order chi connectivity index (χ0) is 16.2. The first-order valence-corrected chi connectivity index (χ1v) is 8.06. The predicted molar refractivity (Wildman–Crippen MR) is 86.2 cm³/mol. The molecular formula is C17H22N4O2. The number of hydrogen-bond acceptors (Lipinski definition) is 4. The number of aromatic amines is 1. The monoisotopic (exact) mass is 314 g/mol. The van der Waals surface area contributed by atoms with Crippen LogP contribution in [0.4, 0.5) is 0 Å². The van der Waals surface area contributed by atoms with Gasteiger partial charge in [-0.05, 0) is 50.4 Å². The van der Waals surface area contributed by atoms with Crippen molar-refractivity contribution in [2.45, 2.75) is 45.2 Å². The van der Waals surface area contributed by atoms with E-state index in [0.717, 1.165) is 18.5 Å². The molecule has 0 aromatic carbocycles. The first-order chi connectivity index (χ1) is 11.1. The average Bonchev–Trinajstić information content (AvgIpc) is 2.75. The lowest BCUT2D eigenvalue weighted by molar-refractivity contribution is 0.0694. The number of hydrogen-bond donors (Lipinski definition) is 2. The van der Waals surface area contributed by atoms with E-state index in [-0.39, 0.29) is 5.56 Å². The molecule has 122 valence electrons. The Hall–Kier alpha value is -2.21. The Morgan fingerprint density at radius 3 is 2.87 bits per heavy atom. The maximum atomic E-state index is 11.3. The zero-order valence-electron chi connectivity index (χ0n) is 13.4. The summed E-state index contributed by atoms with van der Waals surface area (Å²) in [5.41, 5.74) is 4.56. The van der Waals surface area contributed by atoms with Gasteiger partial charge < -0.3 is 5.11 Å². The number of aryl methyl sites for hydroxylation is 1. The number of carboxylic acid groups (broad SMARTS) is 1. The zero-order valence-corrected chi connectivity index (χ0v) is 13.4. The van der Waals surface area contributed by atoms with Crippen molar-refractivity contribution in [2.24, 2.45) is 0 Å². The topological polar surface area (TPSA) is 82.1 Å². The van der Waals surface area contributed by atoms with Crippen molar-refractivity contribution in [1.29, 1.82) is 0 Å². The van der Waals surface area contributed by atoms with E-state index in [9.17, 15) is 9.90 Å². The number of aromatic nitrogens is 3. The quantitative estimate of drug-likeness (QED) is 0.828. The summed E-state index contributed by atoms with van der Waals surface area (Å²) in [6.07, 6.45) is 7.51. The molecule has 0 saturated heterocycles. The number of nitrogens with one attached hydrogen (secondary N) is 1. The molecule has 1 aliphatic rings. The number of aromatic carboxylic acids is 1. The number of H-pyrrole nitrogens is 1. The highest BCUT2D eigenvalue weighted by molar-refractivity contribution is 5.88. The van der Waals surface area contributed by atoms with Crippen LogP contribution >= 0.6 is 0 Å².